The van der Waals surface area contributed by atoms with E-state index in [1.54, 1.807) is 0 Å². The maximum absolute atomic E-state index is 12.8. The molecule has 0 atom stereocenters. The van der Waals surface area contributed by atoms with Crippen LogP contribution in [0.4, 0.5) is 5.69 Å². The third-order valence-corrected chi connectivity index (χ3v) is 9.12. The number of piperazine rings is 1. The van der Waals surface area contributed by atoms with Crippen LogP contribution in [0.2, 0.25) is 0 Å². The van der Waals surface area contributed by atoms with E-state index in [4.69, 9.17) is 0 Å². The lowest BCUT2D eigenvalue weighted by molar-refractivity contribution is -0.149. The molecule has 3 fully saturated rings. The molecule has 202 valence electrons. The second-order valence-corrected chi connectivity index (χ2v) is 12.2. The molecule has 4 heterocycles. The van der Waals surface area contributed by atoms with E-state index >= 15 is 0 Å². The number of nitrogens with zero attached hydrogens (tertiary/aromatic N) is 5. The van der Waals surface area contributed by atoms with Gasteiger partial charge >= 0.3 is 0 Å². The molecule has 1 aliphatic carbocycles. The monoisotopic (exact) mass is 515 g/mol. The van der Waals surface area contributed by atoms with Crippen LogP contribution in [0, 0.1) is 5.92 Å². The van der Waals surface area contributed by atoms with E-state index in [-0.39, 0.29) is 11.8 Å². The number of rotatable bonds is 5. The summed E-state index contributed by atoms with van der Waals surface area (Å²) in [5, 5.41) is 14.6. The van der Waals surface area contributed by atoms with Gasteiger partial charge in [0.25, 0.3) is 0 Å². The number of benzene rings is 1. The highest BCUT2D eigenvalue weighted by molar-refractivity contribution is 5.82. The van der Waals surface area contributed by atoms with Gasteiger partial charge in [-0.1, -0.05) is 24.3 Å². The lowest BCUT2D eigenvalue weighted by Gasteiger charge is -2.44. The van der Waals surface area contributed by atoms with Gasteiger partial charge in [-0.25, -0.2) is 4.52 Å². The molecule has 38 heavy (non-hydrogen) atoms. The number of fused-ring (bicyclic) bond motifs is 1. The average molecular weight is 516 g/mol. The number of hydrogen-bond donors (Lipinski definition) is 1. The zero-order valence-electron chi connectivity index (χ0n) is 23.0. The molecular formula is C31H41N5O2. The normalized spacial score (nSPS) is 25.2. The number of aliphatic hydroxyl groups is 1. The lowest BCUT2D eigenvalue weighted by atomic mass is 9.71. The Balaban J connectivity index is 1.12. The van der Waals surface area contributed by atoms with Crippen LogP contribution in [0.3, 0.4) is 0 Å². The molecule has 0 bridgehead atoms. The predicted molar refractivity (Wildman–Crippen MR) is 151 cm³/mol. The Labute approximate surface area is 226 Å². The van der Waals surface area contributed by atoms with Crippen LogP contribution in [-0.4, -0.2) is 81.3 Å². The van der Waals surface area contributed by atoms with Crippen molar-refractivity contribution in [2.75, 3.05) is 44.2 Å². The third-order valence-electron chi connectivity index (χ3n) is 9.12. The highest BCUT2D eigenvalue weighted by Crippen LogP contribution is 2.39. The molecule has 3 aliphatic rings. The maximum Gasteiger partial charge on any atom is 0.226 e. The van der Waals surface area contributed by atoms with Gasteiger partial charge in [0, 0.05) is 56.1 Å². The maximum atomic E-state index is 12.8. The molecule has 2 saturated heterocycles. The van der Waals surface area contributed by atoms with E-state index in [2.05, 4.69) is 71.3 Å². The van der Waals surface area contributed by atoms with Crippen molar-refractivity contribution in [3.8, 4) is 11.1 Å². The first kappa shape index (κ1) is 25.4. The molecular weight excluding hydrogens is 474 g/mol. The highest BCUT2D eigenvalue weighted by atomic mass is 16.3. The first-order valence-electron chi connectivity index (χ1n) is 14.4. The van der Waals surface area contributed by atoms with Crippen LogP contribution in [0.15, 0.2) is 48.8 Å². The summed E-state index contributed by atoms with van der Waals surface area (Å²) in [6.45, 7) is 11.8. The molecule has 7 nitrogen and oxygen atoms in total. The number of aromatic nitrogens is 2. The highest BCUT2D eigenvalue weighted by Gasteiger charge is 2.44. The minimum atomic E-state index is -0.664. The van der Waals surface area contributed by atoms with E-state index < -0.39 is 5.60 Å². The van der Waals surface area contributed by atoms with Crippen LogP contribution < -0.4 is 4.90 Å². The summed E-state index contributed by atoms with van der Waals surface area (Å²) in [6.07, 6.45) is 7.64. The number of amides is 1. The van der Waals surface area contributed by atoms with Gasteiger partial charge in [0.2, 0.25) is 5.91 Å². The Morgan fingerprint density at radius 1 is 0.974 bits per heavy atom. The SMILES string of the molecule is CC(C)N1CCC(c2ccc(-c3cc4c(N5CCN(C(=O)C6CC(C)(O)C6)CC5)ccnn4c3)cc2)CC1. The van der Waals surface area contributed by atoms with Crippen LogP contribution in [0.1, 0.15) is 57.9 Å². The second-order valence-electron chi connectivity index (χ2n) is 12.2. The van der Waals surface area contributed by atoms with E-state index in [0.29, 0.717) is 24.8 Å². The molecule has 1 N–H and O–H groups in total. The van der Waals surface area contributed by atoms with Crippen molar-refractivity contribution in [1.82, 2.24) is 19.4 Å². The van der Waals surface area contributed by atoms with E-state index in [1.165, 1.54) is 48.3 Å². The molecule has 0 radical (unpaired) electrons. The standard InChI is InChI=1S/C31H41N5O2/c1-22(2)33-12-9-25(10-13-33)23-4-6-24(7-5-23)26-18-29-28(8-11-32-36(29)21-26)34-14-16-35(17-15-34)30(37)27-19-31(3,38)20-27/h4-8,11,18,21-22,25,27,38H,9-10,12-17,19-20H2,1-3H3. The van der Waals surface area contributed by atoms with Gasteiger partial charge < -0.3 is 19.8 Å². The summed E-state index contributed by atoms with van der Waals surface area (Å²) >= 11 is 0. The van der Waals surface area contributed by atoms with Crippen LogP contribution >= 0.6 is 0 Å². The fourth-order valence-electron chi connectivity index (χ4n) is 6.72. The second kappa shape index (κ2) is 10.0. The zero-order valence-corrected chi connectivity index (χ0v) is 23.0. The minimum absolute atomic E-state index is 0.0170. The summed E-state index contributed by atoms with van der Waals surface area (Å²) < 4.78 is 1.98. The van der Waals surface area contributed by atoms with Gasteiger partial charge in [-0.15, -0.1) is 0 Å². The predicted octanol–water partition coefficient (Wildman–Crippen LogP) is 4.40. The average Bonchev–Trinajstić information content (AvgIpc) is 3.36. The smallest absolute Gasteiger partial charge is 0.226 e. The number of piperidine rings is 1. The molecule has 6 rings (SSSR count). The summed E-state index contributed by atoms with van der Waals surface area (Å²) in [4.78, 5) is 19.8. The van der Waals surface area contributed by atoms with Gasteiger partial charge in [0.1, 0.15) is 0 Å². The van der Waals surface area contributed by atoms with Crippen molar-refractivity contribution in [2.24, 2.45) is 5.92 Å². The zero-order chi connectivity index (χ0) is 26.4. The first-order chi connectivity index (χ1) is 18.3. The quantitative estimate of drug-likeness (QED) is 0.546. The lowest BCUT2D eigenvalue weighted by Crippen LogP contribution is -2.54. The number of likely N-dealkylation sites (tertiary alicyclic amines) is 1. The summed E-state index contributed by atoms with van der Waals surface area (Å²) in [5.74, 6) is 0.843. The van der Waals surface area contributed by atoms with Crippen molar-refractivity contribution >= 4 is 17.1 Å². The van der Waals surface area contributed by atoms with Crippen molar-refractivity contribution in [1.29, 1.82) is 0 Å². The van der Waals surface area contributed by atoms with Crippen molar-refractivity contribution < 1.29 is 9.90 Å². The largest absolute Gasteiger partial charge is 0.390 e. The van der Waals surface area contributed by atoms with Gasteiger partial charge in [-0.2, -0.15) is 5.10 Å². The Morgan fingerprint density at radius 3 is 2.29 bits per heavy atom. The van der Waals surface area contributed by atoms with Crippen molar-refractivity contribution in [3.63, 3.8) is 0 Å². The fourth-order valence-corrected chi connectivity index (χ4v) is 6.72. The summed E-state index contributed by atoms with van der Waals surface area (Å²) in [6, 6.07) is 14.1. The van der Waals surface area contributed by atoms with E-state index in [9.17, 15) is 9.90 Å². The molecule has 1 amide bonds. The van der Waals surface area contributed by atoms with E-state index in [1.807, 2.05) is 22.5 Å². The van der Waals surface area contributed by atoms with Crippen LogP contribution in [0.5, 0.6) is 0 Å². The summed E-state index contributed by atoms with van der Waals surface area (Å²) in [7, 11) is 0. The molecule has 1 aromatic carbocycles. The summed E-state index contributed by atoms with van der Waals surface area (Å²) in [5.41, 5.74) is 5.45. The topological polar surface area (TPSA) is 64.3 Å². The molecule has 0 unspecified atom stereocenters. The fraction of sp³-hybridized carbons (Fsp3) is 0.548. The minimum Gasteiger partial charge on any atom is -0.390 e. The number of anilines is 1. The Bertz CT molecular complexity index is 1270. The molecule has 0 spiro atoms. The van der Waals surface area contributed by atoms with Crippen molar-refractivity contribution in [3.05, 3.63) is 54.4 Å². The van der Waals surface area contributed by atoms with Crippen LogP contribution in [-0.2, 0) is 4.79 Å². The number of hydrogen-bond acceptors (Lipinski definition) is 5. The Morgan fingerprint density at radius 2 is 1.66 bits per heavy atom. The number of carbonyl (C=O) groups is 1. The van der Waals surface area contributed by atoms with Gasteiger partial charge in [0.05, 0.1) is 16.8 Å². The molecule has 7 heteroatoms. The molecule has 2 aliphatic heterocycles. The van der Waals surface area contributed by atoms with Crippen LogP contribution in [0.25, 0.3) is 16.6 Å². The Kier molecular flexibility index (Phi) is 6.68. The number of carbonyl (C=O) groups excluding carboxylic acids is 1. The van der Waals surface area contributed by atoms with Gasteiger partial charge in [-0.3, -0.25) is 4.79 Å². The van der Waals surface area contributed by atoms with Crippen molar-refractivity contribution in [2.45, 2.75) is 64.0 Å². The molecule has 2 aromatic heterocycles. The van der Waals surface area contributed by atoms with E-state index in [0.717, 1.165) is 31.7 Å². The first-order valence-corrected chi connectivity index (χ1v) is 14.4. The third kappa shape index (κ3) is 4.94. The Hall–Kier alpha value is -2.90. The molecule has 1 saturated carbocycles. The van der Waals surface area contributed by atoms with Gasteiger partial charge in [-0.05, 0) is 88.7 Å². The molecule has 3 aromatic rings. The van der Waals surface area contributed by atoms with Gasteiger partial charge in [0.15, 0.2) is 0 Å².